The molecule has 2 N–H and O–H groups in total. The van der Waals surface area contributed by atoms with E-state index in [1.54, 1.807) is 24.0 Å². The maximum absolute atomic E-state index is 11.2. The van der Waals surface area contributed by atoms with E-state index in [9.17, 15) is 10.3 Å². The summed E-state index contributed by atoms with van der Waals surface area (Å²) >= 11 is 15.7. The molecular weight excluding hydrogens is 475 g/mol. The van der Waals surface area contributed by atoms with Crippen molar-refractivity contribution in [3.05, 3.63) is 58.7 Å². The van der Waals surface area contributed by atoms with Crippen LogP contribution in [0.4, 0.5) is 0 Å². The first-order valence-electron chi connectivity index (χ1n) is 8.95. The molecule has 0 amide bonds. The molecule has 0 aliphatic carbocycles. The largest absolute Gasteiger partial charge is 0.508 e. The average molecular weight is 491 g/mol. The van der Waals surface area contributed by atoms with Gasteiger partial charge >= 0.3 is 0 Å². The molecule has 158 valence electrons. The van der Waals surface area contributed by atoms with Gasteiger partial charge in [0.05, 0.1) is 21.3 Å². The van der Waals surface area contributed by atoms with E-state index in [0.29, 0.717) is 27.8 Å². The Morgan fingerprint density at radius 3 is 2.39 bits per heavy atom. The van der Waals surface area contributed by atoms with Gasteiger partial charge in [-0.2, -0.15) is 4.73 Å². The summed E-state index contributed by atoms with van der Waals surface area (Å²) in [6, 6.07) is 12.2. The topological polar surface area (TPSA) is 84.1 Å². The molecule has 0 aliphatic heterocycles. The SMILES string of the molecule is CSc1cccc(-c2c(-c3ccnc(SC)n3)nc(-c3c(Cl)cc(O)cc3Cl)n2O)c1. The molecule has 0 spiro atoms. The van der Waals surface area contributed by atoms with Crippen molar-refractivity contribution in [3.63, 3.8) is 0 Å². The van der Waals surface area contributed by atoms with Crippen LogP contribution < -0.4 is 0 Å². The molecule has 2 aromatic heterocycles. The van der Waals surface area contributed by atoms with Gasteiger partial charge in [-0.15, -0.1) is 11.8 Å². The highest BCUT2D eigenvalue weighted by Crippen LogP contribution is 2.41. The minimum atomic E-state index is -0.0803. The smallest absolute Gasteiger partial charge is 0.187 e. The van der Waals surface area contributed by atoms with Gasteiger partial charge in [-0.3, -0.25) is 0 Å². The number of phenols is 1. The second-order valence-corrected chi connectivity index (χ2v) is 8.86. The van der Waals surface area contributed by atoms with E-state index in [0.717, 1.165) is 15.2 Å². The lowest BCUT2D eigenvalue weighted by atomic mass is 10.1. The van der Waals surface area contributed by atoms with Crippen molar-refractivity contribution in [2.24, 2.45) is 0 Å². The van der Waals surface area contributed by atoms with Crippen LogP contribution in [0.3, 0.4) is 0 Å². The zero-order valence-electron chi connectivity index (χ0n) is 16.4. The molecule has 0 unspecified atom stereocenters. The van der Waals surface area contributed by atoms with Gasteiger partial charge in [-0.05, 0) is 42.8 Å². The fraction of sp³-hybridized carbons (Fsp3) is 0.0952. The fourth-order valence-corrected chi connectivity index (χ4v) is 4.59. The van der Waals surface area contributed by atoms with E-state index < -0.39 is 0 Å². The summed E-state index contributed by atoms with van der Waals surface area (Å²) in [4.78, 5) is 14.5. The molecule has 0 bridgehead atoms. The Balaban J connectivity index is 2.03. The number of aromatic hydroxyl groups is 1. The Labute approximate surface area is 197 Å². The number of imidazole rings is 1. The number of hydrogen-bond donors (Lipinski definition) is 2. The van der Waals surface area contributed by atoms with E-state index in [4.69, 9.17) is 23.2 Å². The highest BCUT2D eigenvalue weighted by molar-refractivity contribution is 7.98. The van der Waals surface area contributed by atoms with Crippen molar-refractivity contribution < 1.29 is 10.3 Å². The lowest BCUT2D eigenvalue weighted by Gasteiger charge is -2.09. The summed E-state index contributed by atoms with van der Waals surface area (Å²) in [6.07, 6.45) is 5.51. The van der Waals surface area contributed by atoms with E-state index in [2.05, 4.69) is 15.0 Å². The third kappa shape index (κ3) is 4.21. The summed E-state index contributed by atoms with van der Waals surface area (Å²) in [7, 11) is 0. The second-order valence-electron chi connectivity index (χ2n) is 6.39. The third-order valence-corrected chi connectivity index (χ3v) is 6.39. The summed E-state index contributed by atoms with van der Waals surface area (Å²) in [6.45, 7) is 0. The quantitative estimate of drug-likeness (QED) is 0.191. The predicted octanol–water partition coefficient (Wildman–Crippen LogP) is 6.37. The van der Waals surface area contributed by atoms with E-state index >= 15 is 0 Å². The Morgan fingerprint density at radius 2 is 1.71 bits per heavy atom. The zero-order valence-corrected chi connectivity index (χ0v) is 19.5. The van der Waals surface area contributed by atoms with Crippen LogP contribution in [0.2, 0.25) is 10.0 Å². The summed E-state index contributed by atoms with van der Waals surface area (Å²) in [5, 5.41) is 21.9. The molecule has 0 fully saturated rings. The van der Waals surface area contributed by atoms with Crippen LogP contribution in [0.5, 0.6) is 5.75 Å². The van der Waals surface area contributed by atoms with Gasteiger partial charge in [0.15, 0.2) is 11.0 Å². The van der Waals surface area contributed by atoms with Gasteiger partial charge in [-0.1, -0.05) is 47.1 Å². The first-order chi connectivity index (χ1) is 14.9. The molecule has 10 heteroatoms. The molecule has 2 aromatic carbocycles. The van der Waals surface area contributed by atoms with Gasteiger partial charge in [0, 0.05) is 16.7 Å². The molecule has 6 nitrogen and oxygen atoms in total. The van der Waals surface area contributed by atoms with Gasteiger partial charge in [0.25, 0.3) is 0 Å². The minimum Gasteiger partial charge on any atom is -0.508 e. The number of benzene rings is 2. The van der Waals surface area contributed by atoms with Crippen LogP contribution in [0.15, 0.2) is 58.7 Å². The third-order valence-electron chi connectivity index (χ3n) is 4.51. The molecule has 0 aliphatic rings. The van der Waals surface area contributed by atoms with Crippen molar-refractivity contribution in [1.82, 2.24) is 19.7 Å². The lowest BCUT2D eigenvalue weighted by Crippen LogP contribution is -1.99. The van der Waals surface area contributed by atoms with Crippen LogP contribution in [0.25, 0.3) is 34.0 Å². The van der Waals surface area contributed by atoms with Gasteiger partial charge in [-0.25, -0.2) is 15.0 Å². The number of halogens is 2. The second kappa shape index (κ2) is 9.00. The molecule has 0 radical (unpaired) electrons. The van der Waals surface area contributed by atoms with E-state index in [1.807, 2.05) is 36.8 Å². The van der Waals surface area contributed by atoms with Crippen molar-refractivity contribution in [3.8, 4) is 39.8 Å². The molecule has 0 saturated carbocycles. The molecule has 0 atom stereocenters. The van der Waals surface area contributed by atoms with Crippen molar-refractivity contribution >= 4 is 46.7 Å². The Hall–Kier alpha value is -2.39. The van der Waals surface area contributed by atoms with Crippen molar-refractivity contribution in [2.45, 2.75) is 10.1 Å². The number of hydrogen-bond acceptors (Lipinski definition) is 7. The monoisotopic (exact) mass is 490 g/mol. The van der Waals surface area contributed by atoms with Crippen LogP contribution in [-0.2, 0) is 0 Å². The fourth-order valence-electron chi connectivity index (χ4n) is 3.13. The molecule has 2 heterocycles. The molecule has 4 rings (SSSR count). The molecule has 31 heavy (non-hydrogen) atoms. The molecular formula is C21H16Cl2N4O2S2. The van der Waals surface area contributed by atoms with E-state index in [1.165, 1.54) is 23.9 Å². The Kier molecular flexibility index (Phi) is 6.34. The number of thioether (sulfide) groups is 2. The number of aromatic nitrogens is 4. The first kappa shape index (κ1) is 21.8. The zero-order chi connectivity index (χ0) is 22.1. The van der Waals surface area contributed by atoms with Crippen LogP contribution in [-0.4, -0.2) is 42.5 Å². The van der Waals surface area contributed by atoms with Crippen LogP contribution >= 0.6 is 46.7 Å². The average Bonchev–Trinajstić information content (AvgIpc) is 3.10. The highest BCUT2D eigenvalue weighted by atomic mass is 35.5. The molecule has 0 saturated heterocycles. The maximum atomic E-state index is 11.2. The molecule has 4 aromatic rings. The highest BCUT2D eigenvalue weighted by Gasteiger charge is 2.25. The lowest BCUT2D eigenvalue weighted by molar-refractivity contribution is 0.195. The van der Waals surface area contributed by atoms with Crippen molar-refractivity contribution in [1.29, 1.82) is 0 Å². The summed E-state index contributed by atoms with van der Waals surface area (Å²) < 4.78 is 0.958. The first-order valence-corrected chi connectivity index (χ1v) is 12.2. The normalized spacial score (nSPS) is 11.1. The Morgan fingerprint density at radius 1 is 0.968 bits per heavy atom. The maximum Gasteiger partial charge on any atom is 0.187 e. The van der Waals surface area contributed by atoms with Crippen molar-refractivity contribution in [2.75, 3.05) is 12.5 Å². The standard InChI is InChI=1S/C21H16Cl2N4O2S2/c1-30-13-5-3-4-11(8-13)19-18(16-6-7-24-21(25-16)31-2)26-20(27(19)29)17-14(22)9-12(28)10-15(17)23/h3-10,28-29H,1-2H3. The predicted molar refractivity (Wildman–Crippen MR) is 127 cm³/mol. The van der Waals surface area contributed by atoms with Gasteiger partial charge < -0.3 is 10.3 Å². The minimum absolute atomic E-state index is 0.0803. The van der Waals surface area contributed by atoms with Crippen LogP contribution in [0.1, 0.15) is 0 Å². The summed E-state index contributed by atoms with van der Waals surface area (Å²) in [5.41, 5.74) is 2.49. The van der Waals surface area contributed by atoms with E-state index in [-0.39, 0.29) is 21.6 Å². The Bertz CT molecular complexity index is 1260. The van der Waals surface area contributed by atoms with Crippen LogP contribution in [0, 0.1) is 0 Å². The van der Waals surface area contributed by atoms with Gasteiger partial charge in [0.2, 0.25) is 0 Å². The number of nitrogens with zero attached hydrogens (tertiary/aromatic N) is 4. The number of rotatable bonds is 5. The van der Waals surface area contributed by atoms with Gasteiger partial charge in [0.1, 0.15) is 17.1 Å². The number of phenolic OH excluding ortho intramolecular Hbond substituents is 1. The summed E-state index contributed by atoms with van der Waals surface area (Å²) in [5.74, 6) is 0.0576.